The number of methoxy groups -OCH3 is 1. The summed E-state index contributed by atoms with van der Waals surface area (Å²) in [5, 5.41) is 14.2. The minimum atomic E-state index is -0.317. The van der Waals surface area contributed by atoms with Crippen LogP contribution in [-0.2, 0) is 5.75 Å². The number of phenols is 1. The lowest BCUT2D eigenvalue weighted by Gasteiger charge is -2.07. The van der Waals surface area contributed by atoms with Gasteiger partial charge in [-0.2, -0.15) is 5.10 Å². The Balaban J connectivity index is 1.35. The zero-order chi connectivity index (χ0) is 22.5. The summed E-state index contributed by atoms with van der Waals surface area (Å²) in [7, 11) is 1.53. The van der Waals surface area contributed by atoms with Gasteiger partial charge in [0.05, 0.1) is 23.0 Å². The highest BCUT2D eigenvalue weighted by molar-refractivity contribution is 8.00. The minimum absolute atomic E-state index is 0.0369. The fourth-order valence-electron chi connectivity index (χ4n) is 3.01. The first kappa shape index (κ1) is 21.9. The summed E-state index contributed by atoms with van der Waals surface area (Å²) in [4.78, 5) is 17.1. The highest BCUT2D eigenvalue weighted by atomic mass is 32.2. The molecule has 32 heavy (non-hydrogen) atoms. The largest absolute Gasteiger partial charge is 0.507 e. The van der Waals surface area contributed by atoms with Gasteiger partial charge in [-0.1, -0.05) is 36.0 Å². The molecule has 0 bridgehead atoms. The van der Waals surface area contributed by atoms with Gasteiger partial charge in [0, 0.05) is 22.9 Å². The van der Waals surface area contributed by atoms with E-state index in [1.807, 2.05) is 30.3 Å². The molecular formula is C24H21N3O3S2. The van der Waals surface area contributed by atoms with Crippen LogP contribution in [0.25, 0.3) is 10.2 Å². The molecule has 1 aromatic heterocycles. The van der Waals surface area contributed by atoms with E-state index in [9.17, 15) is 9.90 Å². The Morgan fingerprint density at radius 2 is 1.94 bits per heavy atom. The van der Waals surface area contributed by atoms with Gasteiger partial charge < -0.3 is 9.84 Å². The summed E-state index contributed by atoms with van der Waals surface area (Å²) in [5.74, 6) is 1.04. The Hall–Kier alpha value is -3.36. The van der Waals surface area contributed by atoms with E-state index < -0.39 is 0 Å². The summed E-state index contributed by atoms with van der Waals surface area (Å²) in [6, 6.07) is 20.4. The maximum absolute atomic E-state index is 12.4. The predicted molar refractivity (Wildman–Crippen MR) is 130 cm³/mol. The number of fused-ring (bicyclic) bond motifs is 1. The van der Waals surface area contributed by atoms with E-state index in [0.717, 1.165) is 21.2 Å². The quantitative estimate of drug-likeness (QED) is 0.216. The Bertz CT molecular complexity index is 1250. The molecule has 0 fully saturated rings. The van der Waals surface area contributed by atoms with Crippen molar-refractivity contribution in [2.45, 2.75) is 17.0 Å². The van der Waals surface area contributed by atoms with Crippen LogP contribution >= 0.6 is 23.1 Å². The average Bonchev–Trinajstić information content (AvgIpc) is 3.24. The number of thiazole rings is 1. The van der Waals surface area contributed by atoms with Crippen molar-refractivity contribution in [1.29, 1.82) is 0 Å². The number of hydrogen-bond acceptors (Lipinski definition) is 7. The van der Waals surface area contributed by atoms with Gasteiger partial charge in [-0.3, -0.25) is 4.79 Å². The van der Waals surface area contributed by atoms with Gasteiger partial charge in [-0.25, -0.2) is 10.4 Å². The molecule has 4 rings (SSSR count). The maximum Gasteiger partial charge on any atom is 0.271 e. The molecule has 0 saturated heterocycles. The number of rotatable bonds is 7. The number of nitrogens with one attached hydrogen (secondary N) is 1. The van der Waals surface area contributed by atoms with E-state index in [1.54, 1.807) is 54.3 Å². The van der Waals surface area contributed by atoms with Gasteiger partial charge in [-0.05, 0) is 48.9 Å². The van der Waals surface area contributed by atoms with Crippen LogP contribution in [0.2, 0.25) is 0 Å². The molecule has 0 saturated carbocycles. The lowest BCUT2D eigenvalue weighted by Crippen LogP contribution is -2.19. The van der Waals surface area contributed by atoms with Crippen molar-refractivity contribution in [3.8, 4) is 11.5 Å². The van der Waals surface area contributed by atoms with E-state index >= 15 is 0 Å². The molecule has 0 unspecified atom stereocenters. The molecule has 162 valence electrons. The number of thioether (sulfide) groups is 1. The Labute approximate surface area is 194 Å². The van der Waals surface area contributed by atoms with Crippen molar-refractivity contribution in [2.24, 2.45) is 5.10 Å². The van der Waals surface area contributed by atoms with E-state index in [0.29, 0.717) is 22.6 Å². The molecule has 1 heterocycles. The second-order valence-electron chi connectivity index (χ2n) is 6.95. The molecule has 0 radical (unpaired) electrons. The second kappa shape index (κ2) is 9.84. The number of phenolic OH excluding ortho intramolecular Hbond substituents is 1. The number of aromatic hydroxyl groups is 1. The van der Waals surface area contributed by atoms with Gasteiger partial charge in [0.25, 0.3) is 5.91 Å². The number of hydrazone groups is 1. The van der Waals surface area contributed by atoms with Gasteiger partial charge >= 0.3 is 0 Å². The third kappa shape index (κ3) is 5.09. The number of para-hydroxylation sites is 1. The topological polar surface area (TPSA) is 83.8 Å². The molecule has 8 heteroatoms. The summed E-state index contributed by atoms with van der Waals surface area (Å²) in [5.41, 5.74) is 6.18. The van der Waals surface area contributed by atoms with Crippen LogP contribution in [0.4, 0.5) is 0 Å². The number of hydrogen-bond donors (Lipinski definition) is 2. The van der Waals surface area contributed by atoms with Gasteiger partial charge in [-0.15, -0.1) is 11.3 Å². The van der Waals surface area contributed by atoms with Crippen LogP contribution in [-0.4, -0.2) is 28.8 Å². The molecule has 0 aliphatic heterocycles. The molecule has 4 aromatic rings. The Morgan fingerprint density at radius 1 is 1.16 bits per heavy atom. The average molecular weight is 464 g/mol. The van der Waals surface area contributed by atoms with Crippen molar-refractivity contribution in [3.05, 3.63) is 83.4 Å². The minimum Gasteiger partial charge on any atom is -0.507 e. The first-order chi connectivity index (χ1) is 15.5. The van der Waals surface area contributed by atoms with Crippen LogP contribution in [0.5, 0.6) is 11.5 Å². The Morgan fingerprint density at radius 3 is 2.66 bits per heavy atom. The number of carbonyl (C=O) groups is 1. The number of benzene rings is 3. The summed E-state index contributed by atoms with van der Waals surface area (Å²) < 4.78 is 7.29. The zero-order valence-electron chi connectivity index (χ0n) is 17.5. The molecule has 3 aromatic carbocycles. The van der Waals surface area contributed by atoms with Crippen molar-refractivity contribution in [1.82, 2.24) is 10.4 Å². The monoisotopic (exact) mass is 463 g/mol. The highest BCUT2D eigenvalue weighted by Crippen LogP contribution is 2.31. The van der Waals surface area contributed by atoms with Crippen molar-refractivity contribution in [2.75, 3.05) is 7.11 Å². The van der Waals surface area contributed by atoms with E-state index in [1.165, 1.54) is 17.9 Å². The summed E-state index contributed by atoms with van der Waals surface area (Å²) >= 11 is 3.36. The molecule has 0 aliphatic rings. The molecule has 6 nitrogen and oxygen atoms in total. The first-order valence-electron chi connectivity index (χ1n) is 9.83. The van der Waals surface area contributed by atoms with Crippen molar-refractivity contribution < 1.29 is 14.6 Å². The van der Waals surface area contributed by atoms with Crippen molar-refractivity contribution >= 4 is 44.9 Å². The third-order valence-electron chi connectivity index (χ3n) is 4.77. The van der Waals surface area contributed by atoms with Crippen LogP contribution in [0.1, 0.15) is 28.4 Å². The number of aromatic nitrogens is 1. The summed E-state index contributed by atoms with van der Waals surface area (Å²) in [6.45, 7) is 1.71. The van der Waals surface area contributed by atoms with Gasteiger partial charge in [0.1, 0.15) is 11.5 Å². The SMILES string of the molecule is COc1ccc(/C(C)=N\NC(=O)c2ccc(CSc3nc4ccccc4s3)cc2)c(O)c1. The molecular weight excluding hydrogens is 442 g/mol. The highest BCUT2D eigenvalue weighted by Gasteiger charge is 2.09. The van der Waals surface area contributed by atoms with E-state index in [4.69, 9.17) is 4.74 Å². The van der Waals surface area contributed by atoms with Gasteiger partial charge in [0.2, 0.25) is 0 Å². The number of nitrogens with zero attached hydrogens (tertiary/aromatic N) is 2. The molecule has 0 atom stereocenters. The predicted octanol–water partition coefficient (Wildman–Crippen LogP) is 5.46. The number of carbonyl (C=O) groups excluding carboxylic acids is 1. The second-order valence-corrected chi connectivity index (χ2v) is 9.21. The van der Waals surface area contributed by atoms with Crippen LogP contribution in [0, 0.1) is 0 Å². The van der Waals surface area contributed by atoms with Gasteiger partial charge in [0.15, 0.2) is 4.34 Å². The fraction of sp³-hybridized carbons (Fsp3) is 0.125. The number of ether oxygens (including phenoxy) is 1. The number of amides is 1. The van der Waals surface area contributed by atoms with Crippen molar-refractivity contribution in [3.63, 3.8) is 0 Å². The Kier molecular flexibility index (Phi) is 6.72. The molecule has 0 aliphatic carbocycles. The lowest BCUT2D eigenvalue weighted by atomic mass is 10.1. The smallest absolute Gasteiger partial charge is 0.271 e. The van der Waals surface area contributed by atoms with E-state index in [2.05, 4.69) is 21.6 Å². The van der Waals surface area contributed by atoms with E-state index in [-0.39, 0.29) is 11.7 Å². The maximum atomic E-state index is 12.4. The summed E-state index contributed by atoms with van der Waals surface area (Å²) in [6.07, 6.45) is 0. The fourth-order valence-corrected chi connectivity index (χ4v) is 5.04. The zero-order valence-corrected chi connectivity index (χ0v) is 19.2. The first-order valence-corrected chi connectivity index (χ1v) is 11.6. The molecule has 2 N–H and O–H groups in total. The van der Waals surface area contributed by atoms with Crippen LogP contribution < -0.4 is 10.2 Å². The molecule has 0 spiro atoms. The van der Waals surface area contributed by atoms with Crippen LogP contribution in [0.3, 0.4) is 0 Å². The normalized spacial score (nSPS) is 11.5. The molecule has 1 amide bonds. The third-order valence-corrected chi connectivity index (χ3v) is 7.02. The standard InChI is InChI=1S/C24H21N3O3S2/c1-15(19-12-11-18(30-2)13-21(19)28)26-27-23(29)17-9-7-16(8-10-17)14-31-24-25-20-5-3-4-6-22(20)32-24/h3-13,28H,14H2,1-2H3,(H,27,29)/b26-15-. The van der Waals surface area contributed by atoms with Crippen LogP contribution in [0.15, 0.2) is 76.2 Å². The lowest BCUT2D eigenvalue weighted by molar-refractivity contribution is 0.0955.